The van der Waals surface area contributed by atoms with Gasteiger partial charge in [0.25, 0.3) is 0 Å². The molecule has 0 aliphatic carbocycles. The number of rotatable bonds is 11. The van der Waals surface area contributed by atoms with Crippen LogP contribution >= 0.6 is 22.7 Å². The van der Waals surface area contributed by atoms with Gasteiger partial charge in [0.15, 0.2) is 5.13 Å². The van der Waals surface area contributed by atoms with Crippen molar-refractivity contribution in [1.82, 2.24) is 9.29 Å². The second-order valence-corrected chi connectivity index (χ2v) is 11.1. The quantitative estimate of drug-likeness (QED) is 0.426. The van der Waals surface area contributed by atoms with Gasteiger partial charge in [-0.25, -0.2) is 13.4 Å². The lowest BCUT2D eigenvalue weighted by atomic mass is 10.3. The van der Waals surface area contributed by atoms with E-state index in [1.54, 1.807) is 22.5 Å². The normalized spacial score (nSPS) is 12.0. The molecule has 2 aromatic heterocycles. The predicted molar refractivity (Wildman–Crippen MR) is 125 cm³/mol. The highest BCUT2D eigenvalue weighted by atomic mass is 32.2. The zero-order valence-electron chi connectivity index (χ0n) is 17.3. The molecule has 162 valence electrons. The van der Waals surface area contributed by atoms with Crippen LogP contribution in [-0.4, -0.2) is 36.7 Å². The fourth-order valence-electron chi connectivity index (χ4n) is 3.02. The molecular weight excluding hydrogens is 438 g/mol. The van der Waals surface area contributed by atoms with Gasteiger partial charge in [0.1, 0.15) is 0 Å². The third kappa shape index (κ3) is 5.66. The van der Waals surface area contributed by atoms with Gasteiger partial charge in [-0.05, 0) is 42.5 Å². The summed E-state index contributed by atoms with van der Waals surface area (Å²) < 4.78 is 28.7. The van der Waals surface area contributed by atoms with Crippen LogP contribution in [-0.2, 0) is 21.2 Å². The van der Waals surface area contributed by atoms with Crippen LogP contribution in [0.5, 0.6) is 0 Å². The van der Waals surface area contributed by atoms with Crippen LogP contribution in [0.2, 0.25) is 0 Å². The van der Waals surface area contributed by atoms with E-state index in [9.17, 15) is 13.2 Å². The van der Waals surface area contributed by atoms with Gasteiger partial charge in [-0.15, -0.1) is 11.3 Å². The summed E-state index contributed by atoms with van der Waals surface area (Å²) in [5.74, 6) is -0.130. The Bertz CT molecular complexity index is 1070. The topological polar surface area (TPSA) is 79.4 Å². The first kappa shape index (κ1) is 22.9. The first-order valence-corrected chi connectivity index (χ1v) is 13.3. The van der Waals surface area contributed by atoms with E-state index in [4.69, 9.17) is 0 Å². The van der Waals surface area contributed by atoms with Crippen molar-refractivity contribution in [1.29, 1.82) is 0 Å². The summed E-state index contributed by atoms with van der Waals surface area (Å²) in [6.45, 7) is 5.18. The Balaban J connectivity index is 1.79. The van der Waals surface area contributed by atoms with Crippen molar-refractivity contribution in [2.75, 3.05) is 18.4 Å². The highest BCUT2D eigenvalue weighted by Crippen LogP contribution is 2.29. The number of carbonyl (C=O) groups is 1. The molecule has 0 unspecified atom stereocenters. The molecule has 30 heavy (non-hydrogen) atoms. The van der Waals surface area contributed by atoms with Gasteiger partial charge in [0.05, 0.1) is 21.5 Å². The summed E-state index contributed by atoms with van der Waals surface area (Å²) in [6, 6.07) is 8.83. The minimum Gasteiger partial charge on any atom is -0.302 e. The first-order chi connectivity index (χ1) is 14.4. The molecule has 0 fully saturated rings. The second kappa shape index (κ2) is 10.5. The van der Waals surface area contributed by atoms with E-state index >= 15 is 0 Å². The smallest absolute Gasteiger partial charge is 0.243 e. The Labute approximate surface area is 186 Å². The van der Waals surface area contributed by atoms with Crippen molar-refractivity contribution < 1.29 is 13.2 Å². The minimum atomic E-state index is -3.56. The fraction of sp³-hybridized carbons (Fsp3) is 0.429. The van der Waals surface area contributed by atoms with Crippen molar-refractivity contribution in [3.63, 3.8) is 0 Å². The maximum atomic E-state index is 13.2. The zero-order valence-corrected chi connectivity index (χ0v) is 19.7. The number of anilines is 1. The van der Waals surface area contributed by atoms with Crippen LogP contribution in [0.1, 0.15) is 44.4 Å². The molecule has 1 N–H and O–H groups in total. The molecule has 0 saturated heterocycles. The number of unbranched alkanes of at least 4 members (excludes halogenated alkanes) is 2. The molecule has 0 aliphatic rings. The molecule has 0 aliphatic heterocycles. The molecular formula is C21H27N3O3S3. The number of aromatic nitrogens is 1. The Hall–Kier alpha value is -1.81. The molecule has 0 bridgehead atoms. The average molecular weight is 466 g/mol. The van der Waals surface area contributed by atoms with Gasteiger partial charge in [-0.2, -0.15) is 4.31 Å². The number of thiophene rings is 1. The highest BCUT2D eigenvalue weighted by Gasteiger charge is 2.24. The summed E-state index contributed by atoms with van der Waals surface area (Å²) in [5, 5.41) is 5.24. The number of carbonyl (C=O) groups excluding carboxylic acids is 1. The minimum absolute atomic E-state index is 0.130. The Kier molecular flexibility index (Phi) is 7.99. The van der Waals surface area contributed by atoms with E-state index in [1.807, 2.05) is 17.5 Å². The van der Waals surface area contributed by atoms with Crippen LogP contribution < -0.4 is 5.32 Å². The molecule has 3 aromatic rings. The van der Waals surface area contributed by atoms with Crippen molar-refractivity contribution >= 4 is 54.0 Å². The van der Waals surface area contributed by atoms with E-state index in [0.717, 1.165) is 35.3 Å². The number of hydrogen-bond donors (Lipinski definition) is 1. The van der Waals surface area contributed by atoms with E-state index in [1.165, 1.54) is 22.7 Å². The number of thiazole rings is 1. The molecule has 1 aromatic carbocycles. The fourth-order valence-corrected chi connectivity index (χ4v) is 6.27. The van der Waals surface area contributed by atoms with Gasteiger partial charge < -0.3 is 5.32 Å². The van der Waals surface area contributed by atoms with Crippen LogP contribution in [0.25, 0.3) is 10.2 Å². The zero-order chi connectivity index (χ0) is 21.6. The largest absolute Gasteiger partial charge is 0.302 e. The van der Waals surface area contributed by atoms with Crippen LogP contribution in [0.3, 0.4) is 0 Å². The third-order valence-corrected chi connectivity index (χ3v) is 8.39. The summed E-state index contributed by atoms with van der Waals surface area (Å²) >= 11 is 2.83. The number of benzene rings is 1. The summed E-state index contributed by atoms with van der Waals surface area (Å²) in [6.07, 6.45) is 3.87. The number of nitrogens with zero attached hydrogens (tertiary/aromatic N) is 2. The lowest BCUT2D eigenvalue weighted by Gasteiger charge is -2.21. The van der Waals surface area contributed by atoms with Crippen LogP contribution in [0.15, 0.2) is 40.6 Å². The molecule has 2 heterocycles. The summed E-state index contributed by atoms with van der Waals surface area (Å²) in [5.41, 5.74) is 0.680. The maximum Gasteiger partial charge on any atom is 0.243 e. The molecule has 6 nitrogen and oxygen atoms in total. The van der Waals surface area contributed by atoms with Gasteiger partial charge in [0.2, 0.25) is 15.9 Å². The Morgan fingerprint density at radius 1 is 1.13 bits per heavy atom. The lowest BCUT2D eigenvalue weighted by Crippen LogP contribution is -2.33. The van der Waals surface area contributed by atoms with Gasteiger partial charge in [0, 0.05) is 18.0 Å². The first-order valence-electron chi connectivity index (χ1n) is 10.2. The van der Waals surface area contributed by atoms with Gasteiger partial charge in [-0.3, -0.25) is 4.79 Å². The molecule has 3 rings (SSSR count). The molecule has 1 amide bonds. The van der Waals surface area contributed by atoms with E-state index in [-0.39, 0.29) is 10.8 Å². The molecule has 0 spiro atoms. The summed E-state index contributed by atoms with van der Waals surface area (Å²) in [7, 11) is -3.56. The van der Waals surface area contributed by atoms with E-state index in [0.29, 0.717) is 30.2 Å². The number of nitrogens with one attached hydrogen (secondary N) is 1. The monoisotopic (exact) mass is 465 g/mol. The maximum absolute atomic E-state index is 13.2. The number of fused-ring (bicyclic) bond motifs is 1. The summed E-state index contributed by atoms with van der Waals surface area (Å²) in [4.78, 5) is 17.9. The Morgan fingerprint density at radius 3 is 2.50 bits per heavy atom. The molecule has 0 atom stereocenters. The number of hydrogen-bond acceptors (Lipinski definition) is 6. The Morgan fingerprint density at radius 2 is 1.87 bits per heavy atom. The highest BCUT2D eigenvalue weighted by molar-refractivity contribution is 7.89. The standard InChI is InChI=1S/C21H27N3O3S3/c1-3-5-11-24(12-6-4-2)30(26,27)17-9-10-18-19(15-17)29-21(22-18)23-20(25)14-16-8-7-13-28-16/h7-10,13,15H,3-6,11-12,14H2,1-2H3,(H,22,23,25). The van der Waals surface area contributed by atoms with Crippen molar-refractivity contribution in [3.8, 4) is 0 Å². The third-order valence-electron chi connectivity index (χ3n) is 4.68. The van der Waals surface area contributed by atoms with Crippen molar-refractivity contribution in [3.05, 3.63) is 40.6 Å². The van der Waals surface area contributed by atoms with Crippen molar-refractivity contribution in [2.45, 2.75) is 50.8 Å². The van der Waals surface area contributed by atoms with Crippen molar-refractivity contribution in [2.24, 2.45) is 0 Å². The van der Waals surface area contributed by atoms with Gasteiger partial charge in [-0.1, -0.05) is 44.1 Å². The molecule has 9 heteroatoms. The second-order valence-electron chi connectivity index (χ2n) is 7.06. The SMILES string of the molecule is CCCCN(CCCC)S(=O)(=O)c1ccc2nc(NC(=O)Cc3cccs3)sc2c1. The number of sulfonamides is 1. The predicted octanol–water partition coefficient (Wildman–Crippen LogP) is 5.13. The number of amides is 1. The van der Waals surface area contributed by atoms with E-state index in [2.05, 4.69) is 24.1 Å². The molecule has 0 radical (unpaired) electrons. The van der Waals surface area contributed by atoms with Crippen LogP contribution in [0, 0.1) is 0 Å². The average Bonchev–Trinajstić information content (AvgIpc) is 3.36. The van der Waals surface area contributed by atoms with E-state index < -0.39 is 10.0 Å². The van der Waals surface area contributed by atoms with Crippen LogP contribution in [0.4, 0.5) is 5.13 Å². The van der Waals surface area contributed by atoms with Gasteiger partial charge >= 0.3 is 0 Å². The lowest BCUT2D eigenvalue weighted by molar-refractivity contribution is -0.115. The molecule has 0 saturated carbocycles.